The van der Waals surface area contributed by atoms with Crippen molar-refractivity contribution < 1.29 is 9.90 Å². The minimum Gasteiger partial charge on any atom is -0.476 e. The smallest absolute Gasteiger partial charge is 0.356 e. The molecule has 1 fully saturated rings. The summed E-state index contributed by atoms with van der Waals surface area (Å²) in [6.45, 7) is 1.78. The molecule has 0 radical (unpaired) electrons. The zero-order chi connectivity index (χ0) is 12.7. The lowest BCUT2D eigenvalue weighted by Crippen LogP contribution is -2.10. The molecule has 3 rings (SSSR count). The van der Waals surface area contributed by atoms with Crippen LogP contribution in [-0.4, -0.2) is 33.6 Å². The summed E-state index contributed by atoms with van der Waals surface area (Å²) >= 11 is 0. The number of nitrogens with one attached hydrogen (secondary N) is 1. The van der Waals surface area contributed by atoms with Crippen LogP contribution in [0.4, 0.5) is 5.69 Å². The number of carboxylic acids is 1. The number of hydrogen-bond acceptors (Lipinski definition) is 4. The molecule has 1 unspecified atom stereocenters. The summed E-state index contributed by atoms with van der Waals surface area (Å²) in [5, 5.41) is 12.5. The SMILES string of the molecule is Nc1ccn2c(C3CCNC3)nc(C(=O)O)c2c1. The van der Waals surface area contributed by atoms with E-state index in [0.717, 1.165) is 25.3 Å². The van der Waals surface area contributed by atoms with E-state index >= 15 is 0 Å². The molecule has 0 spiro atoms. The summed E-state index contributed by atoms with van der Waals surface area (Å²) in [4.78, 5) is 15.5. The van der Waals surface area contributed by atoms with Crippen LogP contribution in [0.2, 0.25) is 0 Å². The van der Waals surface area contributed by atoms with Gasteiger partial charge in [-0.1, -0.05) is 0 Å². The molecule has 6 nitrogen and oxygen atoms in total. The standard InChI is InChI=1S/C12H14N4O2/c13-8-2-4-16-9(5-8)10(12(17)18)15-11(16)7-1-3-14-6-7/h2,4-5,7,14H,1,3,6,13H2,(H,17,18). The Morgan fingerprint density at radius 1 is 1.61 bits per heavy atom. The second kappa shape index (κ2) is 3.99. The highest BCUT2D eigenvalue weighted by Gasteiger charge is 2.25. The molecular formula is C12H14N4O2. The first-order valence-corrected chi connectivity index (χ1v) is 5.88. The van der Waals surface area contributed by atoms with E-state index in [0.29, 0.717) is 11.2 Å². The number of carboxylic acid groups (broad SMARTS) is 1. The number of aromatic carboxylic acids is 1. The van der Waals surface area contributed by atoms with E-state index in [1.807, 2.05) is 4.40 Å². The highest BCUT2D eigenvalue weighted by molar-refractivity contribution is 5.94. The number of carbonyl (C=O) groups is 1. The van der Waals surface area contributed by atoms with E-state index in [2.05, 4.69) is 10.3 Å². The van der Waals surface area contributed by atoms with Crippen molar-refractivity contribution >= 4 is 17.2 Å². The van der Waals surface area contributed by atoms with Crippen molar-refractivity contribution in [3.05, 3.63) is 29.8 Å². The van der Waals surface area contributed by atoms with Crippen molar-refractivity contribution in [3.63, 3.8) is 0 Å². The topological polar surface area (TPSA) is 92.7 Å². The molecule has 0 bridgehead atoms. The minimum absolute atomic E-state index is 0.0733. The minimum atomic E-state index is -1.02. The lowest BCUT2D eigenvalue weighted by Gasteiger charge is -2.07. The van der Waals surface area contributed by atoms with Crippen molar-refractivity contribution in [1.82, 2.24) is 14.7 Å². The Hall–Kier alpha value is -2.08. The molecule has 0 aromatic carbocycles. The number of pyridine rings is 1. The maximum atomic E-state index is 11.2. The van der Waals surface area contributed by atoms with Gasteiger partial charge in [-0.15, -0.1) is 0 Å². The average molecular weight is 246 g/mol. The number of rotatable bonds is 2. The summed E-state index contributed by atoms with van der Waals surface area (Å²) in [6, 6.07) is 3.41. The van der Waals surface area contributed by atoms with Crippen molar-refractivity contribution in [2.75, 3.05) is 18.8 Å². The summed E-state index contributed by atoms with van der Waals surface area (Å²) < 4.78 is 1.83. The molecule has 1 saturated heterocycles. The van der Waals surface area contributed by atoms with E-state index in [1.165, 1.54) is 0 Å². The van der Waals surface area contributed by atoms with Gasteiger partial charge in [0.1, 0.15) is 5.82 Å². The Labute approximate surface area is 103 Å². The predicted molar refractivity (Wildman–Crippen MR) is 66.8 cm³/mol. The first kappa shape index (κ1) is 11.0. The number of fused-ring (bicyclic) bond motifs is 1. The molecule has 1 atom stereocenters. The van der Waals surface area contributed by atoms with Crippen LogP contribution in [0.25, 0.3) is 5.52 Å². The highest BCUT2D eigenvalue weighted by atomic mass is 16.4. The Kier molecular flexibility index (Phi) is 2.45. The van der Waals surface area contributed by atoms with Crippen LogP contribution < -0.4 is 11.1 Å². The summed E-state index contributed by atoms with van der Waals surface area (Å²) in [5.74, 6) is 0.0388. The van der Waals surface area contributed by atoms with Crippen LogP contribution >= 0.6 is 0 Å². The van der Waals surface area contributed by atoms with E-state index < -0.39 is 5.97 Å². The van der Waals surface area contributed by atoms with Gasteiger partial charge < -0.3 is 20.6 Å². The Morgan fingerprint density at radius 2 is 2.44 bits per heavy atom. The van der Waals surface area contributed by atoms with Gasteiger partial charge in [-0.3, -0.25) is 0 Å². The van der Waals surface area contributed by atoms with Crippen LogP contribution in [0.5, 0.6) is 0 Å². The number of nitrogens with two attached hydrogens (primary N) is 1. The summed E-state index contributed by atoms with van der Waals surface area (Å²) in [7, 11) is 0. The van der Waals surface area contributed by atoms with Crippen molar-refractivity contribution in [3.8, 4) is 0 Å². The van der Waals surface area contributed by atoms with Crippen molar-refractivity contribution in [2.45, 2.75) is 12.3 Å². The van der Waals surface area contributed by atoms with Crippen LogP contribution in [0, 0.1) is 0 Å². The molecule has 0 amide bonds. The highest BCUT2D eigenvalue weighted by Crippen LogP contribution is 2.25. The third-order valence-corrected chi connectivity index (χ3v) is 3.32. The number of imidazole rings is 1. The Bertz CT molecular complexity index is 614. The molecule has 0 saturated carbocycles. The van der Waals surface area contributed by atoms with Gasteiger partial charge in [0.2, 0.25) is 0 Å². The van der Waals surface area contributed by atoms with Gasteiger partial charge in [0.25, 0.3) is 0 Å². The molecule has 2 aromatic rings. The van der Waals surface area contributed by atoms with Gasteiger partial charge in [-0.05, 0) is 25.1 Å². The van der Waals surface area contributed by atoms with Crippen molar-refractivity contribution in [1.29, 1.82) is 0 Å². The quantitative estimate of drug-likeness (QED) is 0.725. The fourth-order valence-corrected chi connectivity index (χ4v) is 2.44. The summed E-state index contributed by atoms with van der Waals surface area (Å²) in [5.41, 5.74) is 6.88. The van der Waals surface area contributed by atoms with Gasteiger partial charge in [-0.25, -0.2) is 9.78 Å². The largest absolute Gasteiger partial charge is 0.476 e. The molecule has 2 aromatic heterocycles. The van der Waals surface area contributed by atoms with Gasteiger partial charge in [0.15, 0.2) is 5.69 Å². The number of nitrogens with zero attached hydrogens (tertiary/aromatic N) is 2. The molecule has 94 valence electrons. The average Bonchev–Trinajstić information content (AvgIpc) is 2.93. The fourth-order valence-electron chi connectivity index (χ4n) is 2.44. The molecular weight excluding hydrogens is 232 g/mol. The van der Waals surface area contributed by atoms with Gasteiger partial charge in [-0.2, -0.15) is 0 Å². The van der Waals surface area contributed by atoms with E-state index in [4.69, 9.17) is 5.73 Å². The second-order valence-corrected chi connectivity index (χ2v) is 4.53. The Balaban J connectivity index is 2.22. The molecule has 18 heavy (non-hydrogen) atoms. The van der Waals surface area contributed by atoms with E-state index in [1.54, 1.807) is 18.3 Å². The third kappa shape index (κ3) is 1.62. The normalized spacial score (nSPS) is 19.4. The lowest BCUT2D eigenvalue weighted by atomic mass is 10.1. The fraction of sp³-hybridized carbons (Fsp3) is 0.333. The third-order valence-electron chi connectivity index (χ3n) is 3.32. The van der Waals surface area contributed by atoms with Crippen LogP contribution in [0.1, 0.15) is 28.7 Å². The van der Waals surface area contributed by atoms with Gasteiger partial charge in [0, 0.05) is 24.3 Å². The molecule has 0 aliphatic carbocycles. The second-order valence-electron chi connectivity index (χ2n) is 4.53. The maximum Gasteiger partial charge on any atom is 0.356 e. The Morgan fingerprint density at radius 3 is 3.11 bits per heavy atom. The lowest BCUT2D eigenvalue weighted by molar-refractivity contribution is 0.0693. The molecule has 4 N–H and O–H groups in total. The molecule has 1 aliphatic rings. The zero-order valence-electron chi connectivity index (χ0n) is 9.76. The first-order chi connectivity index (χ1) is 8.66. The number of hydrogen-bond donors (Lipinski definition) is 3. The number of nitrogen functional groups attached to an aromatic ring is 1. The van der Waals surface area contributed by atoms with E-state index in [-0.39, 0.29) is 11.6 Å². The monoisotopic (exact) mass is 246 g/mol. The van der Waals surface area contributed by atoms with Crippen molar-refractivity contribution in [2.24, 2.45) is 0 Å². The zero-order valence-corrected chi connectivity index (χ0v) is 9.76. The van der Waals surface area contributed by atoms with Gasteiger partial charge >= 0.3 is 5.97 Å². The summed E-state index contributed by atoms with van der Waals surface area (Å²) in [6.07, 6.45) is 2.76. The molecule has 3 heterocycles. The van der Waals surface area contributed by atoms with E-state index in [9.17, 15) is 9.90 Å². The molecule has 1 aliphatic heterocycles. The first-order valence-electron chi connectivity index (χ1n) is 5.88. The van der Waals surface area contributed by atoms with Crippen LogP contribution in [0.3, 0.4) is 0 Å². The van der Waals surface area contributed by atoms with Crippen LogP contribution in [-0.2, 0) is 0 Å². The number of aromatic nitrogens is 2. The maximum absolute atomic E-state index is 11.2. The number of anilines is 1. The van der Waals surface area contributed by atoms with Gasteiger partial charge in [0.05, 0.1) is 5.52 Å². The van der Waals surface area contributed by atoms with Crippen LogP contribution in [0.15, 0.2) is 18.3 Å². The predicted octanol–water partition coefficient (Wildman–Crippen LogP) is 0.692. The molecule has 6 heteroatoms.